The SMILES string of the molecule is CCC1C(=O)NCC(=O)N1CC1CCOC1. The summed E-state index contributed by atoms with van der Waals surface area (Å²) in [6.45, 7) is 4.21. The van der Waals surface area contributed by atoms with Crippen LogP contribution in [0.4, 0.5) is 0 Å². The molecule has 0 saturated carbocycles. The van der Waals surface area contributed by atoms with E-state index in [1.54, 1.807) is 4.90 Å². The Kier molecular flexibility index (Phi) is 3.43. The summed E-state index contributed by atoms with van der Waals surface area (Å²) < 4.78 is 5.29. The van der Waals surface area contributed by atoms with E-state index in [2.05, 4.69) is 5.32 Å². The smallest absolute Gasteiger partial charge is 0.243 e. The number of hydrogen-bond donors (Lipinski definition) is 1. The fraction of sp³-hybridized carbons (Fsp3) is 0.818. The molecule has 2 saturated heterocycles. The van der Waals surface area contributed by atoms with Gasteiger partial charge in [-0.05, 0) is 12.8 Å². The Morgan fingerprint density at radius 2 is 2.31 bits per heavy atom. The van der Waals surface area contributed by atoms with Crippen LogP contribution in [0.15, 0.2) is 0 Å². The Balaban J connectivity index is 2.02. The number of amides is 2. The van der Waals surface area contributed by atoms with Crippen molar-refractivity contribution in [2.45, 2.75) is 25.8 Å². The average Bonchev–Trinajstić information content (AvgIpc) is 2.77. The first kappa shape index (κ1) is 11.4. The highest BCUT2D eigenvalue weighted by atomic mass is 16.5. The van der Waals surface area contributed by atoms with Crippen molar-refractivity contribution >= 4 is 11.8 Å². The predicted molar refractivity (Wildman–Crippen MR) is 57.7 cm³/mol. The summed E-state index contributed by atoms with van der Waals surface area (Å²) in [5.74, 6) is 0.392. The molecule has 16 heavy (non-hydrogen) atoms. The second-order valence-corrected chi connectivity index (χ2v) is 4.42. The van der Waals surface area contributed by atoms with Crippen LogP contribution >= 0.6 is 0 Å². The van der Waals surface area contributed by atoms with Crippen LogP contribution in [-0.2, 0) is 14.3 Å². The molecule has 90 valence electrons. The van der Waals surface area contributed by atoms with Gasteiger partial charge in [-0.2, -0.15) is 0 Å². The fourth-order valence-electron chi connectivity index (χ4n) is 2.34. The van der Waals surface area contributed by atoms with Gasteiger partial charge in [0.25, 0.3) is 0 Å². The molecule has 0 spiro atoms. The quantitative estimate of drug-likeness (QED) is 0.722. The third-order valence-corrected chi connectivity index (χ3v) is 3.28. The van der Waals surface area contributed by atoms with Gasteiger partial charge in [0.1, 0.15) is 6.04 Å². The third kappa shape index (κ3) is 2.19. The van der Waals surface area contributed by atoms with Gasteiger partial charge in [-0.15, -0.1) is 0 Å². The summed E-state index contributed by atoms with van der Waals surface area (Å²) in [6, 6.07) is -0.290. The van der Waals surface area contributed by atoms with Crippen LogP contribution in [-0.4, -0.2) is 49.1 Å². The van der Waals surface area contributed by atoms with Crippen LogP contribution in [0.3, 0.4) is 0 Å². The molecule has 2 aliphatic heterocycles. The van der Waals surface area contributed by atoms with Crippen LogP contribution in [0, 0.1) is 5.92 Å². The molecule has 0 aromatic heterocycles. The largest absolute Gasteiger partial charge is 0.381 e. The van der Waals surface area contributed by atoms with Gasteiger partial charge in [-0.25, -0.2) is 0 Å². The summed E-state index contributed by atoms with van der Waals surface area (Å²) in [6.07, 6.45) is 1.66. The fourth-order valence-corrected chi connectivity index (χ4v) is 2.34. The normalized spacial score (nSPS) is 30.7. The molecule has 5 heteroatoms. The maximum absolute atomic E-state index is 11.8. The van der Waals surface area contributed by atoms with Crippen LogP contribution < -0.4 is 5.32 Å². The lowest BCUT2D eigenvalue weighted by Gasteiger charge is -2.35. The number of ether oxygens (including phenoxy) is 1. The van der Waals surface area contributed by atoms with Gasteiger partial charge in [0.2, 0.25) is 11.8 Å². The topological polar surface area (TPSA) is 58.6 Å². The second kappa shape index (κ2) is 4.82. The zero-order valence-corrected chi connectivity index (χ0v) is 9.57. The number of nitrogens with zero attached hydrogens (tertiary/aromatic N) is 1. The minimum atomic E-state index is -0.290. The monoisotopic (exact) mass is 226 g/mol. The average molecular weight is 226 g/mol. The number of rotatable bonds is 3. The van der Waals surface area contributed by atoms with Crippen molar-refractivity contribution in [1.82, 2.24) is 10.2 Å². The summed E-state index contributed by atoms with van der Waals surface area (Å²) >= 11 is 0. The molecule has 2 amide bonds. The first-order valence-corrected chi connectivity index (χ1v) is 5.87. The van der Waals surface area contributed by atoms with Gasteiger partial charge in [0, 0.05) is 19.1 Å². The van der Waals surface area contributed by atoms with Gasteiger partial charge in [-0.1, -0.05) is 6.92 Å². The summed E-state index contributed by atoms with van der Waals surface area (Å²) in [5.41, 5.74) is 0. The second-order valence-electron chi connectivity index (χ2n) is 4.42. The highest BCUT2D eigenvalue weighted by molar-refractivity contribution is 5.94. The first-order chi connectivity index (χ1) is 7.72. The molecule has 0 aromatic carbocycles. The van der Waals surface area contributed by atoms with E-state index in [-0.39, 0.29) is 24.4 Å². The molecule has 2 heterocycles. The molecule has 1 N–H and O–H groups in total. The van der Waals surface area contributed by atoms with Crippen LogP contribution in [0.2, 0.25) is 0 Å². The van der Waals surface area contributed by atoms with E-state index in [1.165, 1.54) is 0 Å². The van der Waals surface area contributed by atoms with E-state index in [1.807, 2.05) is 6.92 Å². The molecule has 2 fully saturated rings. The molecule has 0 aromatic rings. The molecule has 0 radical (unpaired) electrons. The van der Waals surface area contributed by atoms with E-state index < -0.39 is 0 Å². The highest BCUT2D eigenvalue weighted by Crippen LogP contribution is 2.18. The Morgan fingerprint density at radius 3 is 2.94 bits per heavy atom. The summed E-state index contributed by atoms with van der Waals surface area (Å²) in [4.78, 5) is 25.1. The van der Waals surface area contributed by atoms with Gasteiger partial charge in [0.15, 0.2) is 0 Å². The van der Waals surface area contributed by atoms with Crippen molar-refractivity contribution in [3.63, 3.8) is 0 Å². The number of nitrogens with one attached hydrogen (secondary N) is 1. The molecule has 2 atom stereocenters. The number of hydrogen-bond acceptors (Lipinski definition) is 3. The maximum Gasteiger partial charge on any atom is 0.243 e. The van der Waals surface area contributed by atoms with Gasteiger partial charge in [0.05, 0.1) is 13.2 Å². The minimum absolute atomic E-state index is 0.0263. The molecule has 0 aliphatic carbocycles. The molecular weight excluding hydrogens is 208 g/mol. The van der Waals surface area contributed by atoms with Crippen LogP contribution in [0.25, 0.3) is 0 Å². The predicted octanol–water partition coefficient (Wildman–Crippen LogP) is -0.240. The molecule has 0 bridgehead atoms. The lowest BCUT2D eigenvalue weighted by atomic mass is 10.0. The van der Waals surface area contributed by atoms with Crippen LogP contribution in [0.5, 0.6) is 0 Å². The maximum atomic E-state index is 11.8. The zero-order valence-electron chi connectivity index (χ0n) is 9.57. The first-order valence-electron chi connectivity index (χ1n) is 5.87. The number of piperazine rings is 1. The van der Waals surface area contributed by atoms with Crippen molar-refractivity contribution < 1.29 is 14.3 Å². The van der Waals surface area contributed by atoms with Crippen molar-refractivity contribution in [3.8, 4) is 0 Å². The summed E-state index contributed by atoms with van der Waals surface area (Å²) in [7, 11) is 0. The van der Waals surface area contributed by atoms with Crippen molar-refractivity contribution in [1.29, 1.82) is 0 Å². The molecule has 5 nitrogen and oxygen atoms in total. The van der Waals surface area contributed by atoms with E-state index in [0.29, 0.717) is 25.5 Å². The molecule has 2 aliphatic rings. The Morgan fingerprint density at radius 1 is 1.50 bits per heavy atom. The van der Waals surface area contributed by atoms with Crippen LogP contribution in [0.1, 0.15) is 19.8 Å². The molecule has 2 unspecified atom stereocenters. The van der Waals surface area contributed by atoms with E-state index >= 15 is 0 Å². The lowest BCUT2D eigenvalue weighted by molar-refractivity contribution is -0.146. The van der Waals surface area contributed by atoms with Gasteiger partial charge < -0.3 is 15.0 Å². The van der Waals surface area contributed by atoms with E-state index in [9.17, 15) is 9.59 Å². The Labute approximate surface area is 95.1 Å². The molecule has 2 rings (SSSR count). The minimum Gasteiger partial charge on any atom is -0.381 e. The van der Waals surface area contributed by atoms with E-state index in [4.69, 9.17) is 4.74 Å². The Bertz CT molecular complexity index is 287. The van der Waals surface area contributed by atoms with Crippen molar-refractivity contribution in [2.24, 2.45) is 5.92 Å². The standard InChI is InChI=1S/C11H18N2O3/c1-2-9-11(15)12-5-10(14)13(9)6-8-3-4-16-7-8/h8-9H,2-7H2,1H3,(H,12,15). The van der Waals surface area contributed by atoms with E-state index in [0.717, 1.165) is 13.0 Å². The zero-order chi connectivity index (χ0) is 11.5. The van der Waals surface area contributed by atoms with Crippen molar-refractivity contribution in [3.05, 3.63) is 0 Å². The van der Waals surface area contributed by atoms with Gasteiger partial charge in [-0.3, -0.25) is 9.59 Å². The Hall–Kier alpha value is -1.10. The third-order valence-electron chi connectivity index (χ3n) is 3.28. The van der Waals surface area contributed by atoms with Gasteiger partial charge >= 0.3 is 0 Å². The number of carbonyl (C=O) groups is 2. The van der Waals surface area contributed by atoms with Crippen molar-refractivity contribution in [2.75, 3.05) is 26.3 Å². The summed E-state index contributed by atoms with van der Waals surface area (Å²) in [5, 5.41) is 2.63. The number of carbonyl (C=O) groups excluding carboxylic acids is 2. The molecular formula is C11H18N2O3. The highest BCUT2D eigenvalue weighted by Gasteiger charge is 2.34. The lowest BCUT2D eigenvalue weighted by Crippen LogP contribution is -2.59.